The fourth-order valence-corrected chi connectivity index (χ4v) is 7.58. The average molecular weight is 565 g/mol. The molecule has 0 aromatic heterocycles. The minimum Gasteiger partial charge on any atom is -0.0654 e. The molecule has 1 aliphatic rings. The molecule has 43 heavy (non-hydrogen) atoms. The molecule has 0 spiro atoms. The normalized spacial score (nSPS) is 13.3. The molecular weight excluding hydrogens is 516 g/mol. The second-order valence-electron chi connectivity index (χ2n) is 13.0. The fraction of sp³-hybridized carbons (Fsp3) is 0.349. The Hall–Kier alpha value is -3.64. The second kappa shape index (κ2) is 12.9. The molecule has 0 amide bonds. The fourth-order valence-electron chi connectivity index (χ4n) is 7.58. The predicted molar refractivity (Wildman–Crippen MR) is 186 cm³/mol. The summed E-state index contributed by atoms with van der Waals surface area (Å²) in [4.78, 5) is 0. The lowest BCUT2D eigenvalue weighted by atomic mass is 9.59. The first-order valence-electron chi connectivity index (χ1n) is 16.9. The summed E-state index contributed by atoms with van der Waals surface area (Å²) in [6.07, 6.45) is 12.7. The van der Waals surface area contributed by atoms with Crippen LogP contribution in [0.25, 0.3) is 21.9 Å². The molecule has 0 radical (unpaired) electrons. The highest BCUT2D eigenvalue weighted by Gasteiger charge is 2.44. The Morgan fingerprint density at radius 2 is 1.09 bits per heavy atom. The van der Waals surface area contributed by atoms with Crippen molar-refractivity contribution in [2.75, 3.05) is 0 Å². The number of aryl methyl sites for hydroxylation is 4. The van der Waals surface area contributed by atoms with Crippen molar-refractivity contribution < 1.29 is 0 Å². The SMILES string of the molecule is CCCCCCc1ccc(C2(c3ccc(CCCCCC)cc3)c3cc(C)ccc3-c3ccc(C)c4cccc2c34)cc1. The Morgan fingerprint density at radius 1 is 0.512 bits per heavy atom. The van der Waals surface area contributed by atoms with Gasteiger partial charge in [-0.15, -0.1) is 0 Å². The molecule has 5 aromatic rings. The lowest BCUT2D eigenvalue weighted by Gasteiger charge is -2.42. The van der Waals surface area contributed by atoms with Crippen molar-refractivity contribution in [3.8, 4) is 11.1 Å². The van der Waals surface area contributed by atoms with Gasteiger partial charge in [-0.25, -0.2) is 0 Å². The Labute approximate surface area is 260 Å². The summed E-state index contributed by atoms with van der Waals surface area (Å²) in [5.74, 6) is 0. The summed E-state index contributed by atoms with van der Waals surface area (Å²) in [6, 6.07) is 38.2. The zero-order chi connectivity index (χ0) is 29.8. The summed E-state index contributed by atoms with van der Waals surface area (Å²) in [7, 11) is 0. The maximum Gasteiger partial charge on any atom is 0.0713 e. The van der Waals surface area contributed by atoms with Gasteiger partial charge in [0.15, 0.2) is 0 Å². The maximum atomic E-state index is 2.47. The first-order chi connectivity index (χ1) is 21.1. The van der Waals surface area contributed by atoms with E-state index in [4.69, 9.17) is 0 Å². The van der Waals surface area contributed by atoms with Crippen molar-refractivity contribution >= 4 is 10.8 Å². The third-order valence-electron chi connectivity index (χ3n) is 9.94. The van der Waals surface area contributed by atoms with Gasteiger partial charge in [-0.3, -0.25) is 0 Å². The Balaban J connectivity index is 1.57. The van der Waals surface area contributed by atoms with Crippen molar-refractivity contribution in [1.29, 1.82) is 0 Å². The van der Waals surface area contributed by atoms with E-state index in [9.17, 15) is 0 Å². The van der Waals surface area contributed by atoms with Crippen LogP contribution in [0.2, 0.25) is 0 Å². The highest BCUT2D eigenvalue weighted by molar-refractivity contribution is 6.06. The van der Waals surface area contributed by atoms with E-state index in [1.54, 1.807) is 0 Å². The monoisotopic (exact) mass is 564 g/mol. The summed E-state index contributed by atoms with van der Waals surface area (Å²) in [5.41, 5.74) is 13.4. The van der Waals surface area contributed by atoms with Crippen LogP contribution in [-0.4, -0.2) is 0 Å². The second-order valence-corrected chi connectivity index (χ2v) is 13.0. The molecule has 0 heteroatoms. The van der Waals surface area contributed by atoms with Gasteiger partial charge in [-0.05, 0) is 100 Å². The third kappa shape index (κ3) is 5.46. The van der Waals surface area contributed by atoms with Crippen molar-refractivity contribution in [2.24, 2.45) is 0 Å². The minimum absolute atomic E-state index is 0.386. The number of hydrogen-bond acceptors (Lipinski definition) is 0. The molecule has 0 nitrogen and oxygen atoms in total. The molecule has 6 rings (SSSR count). The van der Waals surface area contributed by atoms with Crippen LogP contribution in [-0.2, 0) is 18.3 Å². The van der Waals surface area contributed by atoms with Gasteiger partial charge in [0.1, 0.15) is 0 Å². The van der Waals surface area contributed by atoms with E-state index in [-0.39, 0.29) is 5.41 Å². The van der Waals surface area contributed by atoms with Gasteiger partial charge in [0.25, 0.3) is 0 Å². The standard InChI is InChI=1S/C43H48/c1-5-7-9-11-14-33-20-24-35(25-21-33)43(36-26-22-34(23-27-36)15-12-10-8-6-2)40-17-13-16-37-32(4)19-29-39(42(37)40)38-28-18-31(3)30-41(38)43/h13,16-30H,5-12,14-15H2,1-4H3. The molecule has 0 saturated carbocycles. The molecular formula is C43H48. The quantitative estimate of drug-likeness (QED) is 0.130. The van der Waals surface area contributed by atoms with Gasteiger partial charge in [0.05, 0.1) is 5.41 Å². The van der Waals surface area contributed by atoms with Gasteiger partial charge in [0, 0.05) is 0 Å². The van der Waals surface area contributed by atoms with Crippen LogP contribution >= 0.6 is 0 Å². The third-order valence-corrected chi connectivity index (χ3v) is 9.94. The Bertz CT molecular complexity index is 1630. The molecule has 0 heterocycles. The van der Waals surface area contributed by atoms with Gasteiger partial charge in [-0.2, -0.15) is 0 Å². The predicted octanol–water partition coefficient (Wildman–Crippen LogP) is 12.1. The zero-order valence-corrected chi connectivity index (χ0v) is 26.8. The smallest absolute Gasteiger partial charge is 0.0654 e. The Morgan fingerprint density at radius 3 is 1.67 bits per heavy atom. The number of benzene rings is 5. The number of fused-ring (bicyclic) bond motifs is 2. The largest absolute Gasteiger partial charge is 0.0713 e. The van der Waals surface area contributed by atoms with E-state index in [1.807, 2.05) is 0 Å². The van der Waals surface area contributed by atoms with E-state index < -0.39 is 0 Å². The zero-order valence-electron chi connectivity index (χ0n) is 26.8. The summed E-state index contributed by atoms with van der Waals surface area (Å²) < 4.78 is 0. The van der Waals surface area contributed by atoms with E-state index in [1.165, 1.54) is 118 Å². The lowest BCUT2D eigenvalue weighted by molar-refractivity contribution is 0.665. The number of unbranched alkanes of at least 4 members (excludes halogenated alkanes) is 6. The van der Waals surface area contributed by atoms with Gasteiger partial charge < -0.3 is 0 Å². The topological polar surface area (TPSA) is 0 Å². The highest BCUT2D eigenvalue weighted by Crippen LogP contribution is 2.55. The number of rotatable bonds is 12. The van der Waals surface area contributed by atoms with Crippen LogP contribution in [0.3, 0.4) is 0 Å². The van der Waals surface area contributed by atoms with E-state index in [0.29, 0.717) is 0 Å². The van der Waals surface area contributed by atoms with Gasteiger partial charge in [0.2, 0.25) is 0 Å². The van der Waals surface area contributed by atoms with Crippen LogP contribution in [0, 0.1) is 13.8 Å². The molecule has 0 N–H and O–H groups in total. The van der Waals surface area contributed by atoms with Crippen molar-refractivity contribution in [3.05, 3.63) is 142 Å². The Kier molecular flexibility index (Phi) is 8.85. The molecule has 0 fully saturated rings. The van der Waals surface area contributed by atoms with Gasteiger partial charge in [-0.1, -0.05) is 155 Å². The minimum atomic E-state index is -0.386. The van der Waals surface area contributed by atoms with Crippen molar-refractivity contribution in [3.63, 3.8) is 0 Å². The molecule has 1 aliphatic carbocycles. The first kappa shape index (κ1) is 29.4. The molecule has 0 aliphatic heterocycles. The highest BCUT2D eigenvalue weighted by atomic mass is 14.5. The molecule has 0 atom stereocenters. The van der Waals surface area contributed by atoms with Crippen molar-refractivity contribution in [2.45, 2.75) is 97.3 Å². The molecule has 0 bridgehead atoms. The summed E-state index contributed by atoms with van der Waals surface area (Å²) in [5, 5.41) is 2.77. The summed E-state index contributed by atoms with van der Waals surface area (Å²) >= 11 is 0. The van der Waals surface area contributed by atoms with Crippen LogP contribution in [0.1, 0.15) is 110 Å². The van der Waals surface area contributed by atoms with Crippen molar-refractivity contribution in [1.82, 2.24) is 0 Å². The van der Waals surface area contributed by atoms with Crippen LogP contribution in [0.15, 0.2) is 97.1 Å². The molecule has 5 aromatic carbocycles. The maximum absolute atomic E-state index is 2.47. The van der Waals surface area contributed by atoms with E-state index >= 15 is 0 Å². The van der Waals surface area contributed by atoms with Crippen LogP contribution in [0.4, 0.5) is 0 Å². The molecule has 220 valence electrons. The van der Waals surface area contributed by atoms with Crippen LogP contribution in [0.5, 0.6) is 0 Å². The number of hydrogen-bond donors (Lipinski definition) is 0. The van der Waals surface area contributed by atoms with E-state index in [2.05, 4.69) is 125 Å². The first-order valence-corrected chi connectivity index (χ1v) is 16.9. The molecule has 0 saturated heterocycles. The van der Waals surface area contributed by atoms with Gasteiger partial charge >= 0.3 is 0 Å². The average Bonchev–Trinajstić information content (AvgIpc) is 3.04. The van der Waals surface area contributed by atoms with Crippen LogP contribution < -0.4 is 0 Å². The van der Waals surface area contributed by atoms with E-state index in [0.717, 1.165) is 12.8 Å². The molecule has 0 unspecified atom stereocenters. The lowest BCUT2D eigenvalue weighted by Crippen LogP contribution is -2.34. The summed E-state index contributed by atoms with van der Waals surface area (Å²) in [6.45, 7) is 9.08.